The summed E-state index contributed by atoms with van der Waals surface area (Å²) in [6, 6.07) is 8.11. The van der Waals surface area contributed by atoms with E-state index in [1.165, 1.54) is 0 Å². The quantitative estimate of drug-likeness (QED) is 0.229. The third-order valence-corrected chi connectivity index (χ3v) is 6.91. The lowest BCUT2D eigenvalue weighted by atomic mass is 10.1. The molecule has 10 nitrogen and oxygen atoms in total. The fraction of sp³-hybridized carbons (Fsp3) is 0.586. The molecule has 4 heterocycles. The van der Waals surface area contributed by atoms with Gasteiger partial charge in [-0.25, -0.2) is 19.7 Å². The van der Waals surface area contributed by atoms with Gasteiger partial charge in [0.25, 0.3) is 0 Å². The lowest BCUT2D eigenvalue weighted by Gasteiger charge is -2.36. The number of hydrogen-bond acceptors (Lipinski definition) is 8. The Morgan fingerprint density at radius 1 is 1.20 bits per heavy atom. The number of morpholine rings is 1. The van der Waals surface area contributed by atoms with Crippen molar-refractivity contribution in [2.24, 2.45) is 0 Å². The number of ether oxygens (including phenoxy) is 3. The largest absolute Gasteiger partial charge is 0.444 e. The van der Waals surface area contributed by atoms with Crippen LogP contribution in [-0.4, -0.2) is 75.6 Å². The van der Waals surface area contributed by atoms with Gasteiger partial charge in [-0.2, -0.15) is 0 Å². The number of fused-ring (bicyclic) bond motifs is 1. The second-order valence-electron chi connectivity index (χ2n) is 11.0. The maximum atomic E-state index is 12.7. The predicted octanol–water partition coefficient (Wildman–Crippen LogP) is 5.60. The van der Waals surface area contributed by atoms with Crippen LogP contribution >= 0.6 is 11.6 Å². The van der Waals surface area contributed by atoms with Crippen LogP contribution in [0.4, 0.5) is 10.6 Å². The topological polar surface area (TPSA) is 94.8 Å². The lowest BCUT2D eigenvalue weighted by Crippen LogP contribution is -2.45. The van der Waals surface area contributed by atoms with E-state index in [0.29, 0.717) is 44.6 Å². The van der Waals surface area contributed by atoms with Crippen LogP contribution in [0.5, 0.6) is 0 Å². The standard InChI is InChI=1S/C29H41ClN6O4/c1-7-12-39-19-36-22(17-34(6)28(37)40-29(3,4)5)15-24-25(36)10-9-23(32-24)27-31-20(16-30)14-26(33-27)35-11-13-38-18-21(35)8-2/h9-10,14-15,21H,7-8,11-13,16-19H2,1-6H3/t21-/m1/s1. The summed E-state index contributed by atoms with van der Waals surface area (Å²) in [6.45, 7) is 13.2. The zero-order chi connectivity index (χ0) is 28.9. The Bertz CT molecular complexity index is 1310. The van der Waals surface area contributed by atoms with Crippen molar-refractivity contribution < 1.29 is 19.0 Å². The number of pyridine rings is 1. The van der Waals surface area contributed by atoms with Gasteiger partial charge in [0.05, 0.1) is 48.4 Å². The molecule has 0 unspecified atom stereocenters. The van der Waals surface area contributed by atoms with Crippen LogP contribution in [0.15, 0.2) is 24.3 Å². The van der Waals surface area contributed by atoms with E-state index >= 15 is 0 Å². The number of nitrogens with zero attached hydrogens (tertiary/aromatic N) is 6. The number of aromatic nitrogens is 4. The summed E-state index contributed by atoms with van der Waals surface area (Å²) in [5, 5.41) is 0. The highest BCUT2D eigenvalue weighted by Crippen LogP contribution is 2.27. The van der Waals surface area contributed by atoms with E-state index in [0.717, 1.165) is 47.6 Å². The number of rotatable bonds is 10. The first-order valence-electron chi connectivity index (χ1n) is 13.9. The summed E-state index contributed by atoms with van der Waals surface area (Å²) in [5.41, 5.74) is 3.38. The van der Waals surface area contributed by atoms with Crippen LogP contribution < -0.4 is 4.90 Å². The Hall–Kier alpha value is -2.95. The van der Waals surface area contributed by atoms with Gasteiger partial charge in [0.2, 0.25) is 0 Å². The fourth-order valence-corrected chi connectivity index (χ4v) is 4.79. The fourth-order valence-electron chi connectivity index (χ4n) is 4.66. The van der Waals surface area contributed by atoms with Crippen molar-refractivity contribution in [1.82, 2.24) is 24.4 Å². The van der Waals surface area contributed by atoms with Crippen molar-refractivity contribution in [2.75, 3.05) is 38.3 Å². The van der Waals surface area contributed by atoms with Crippen LogP contribution in [0, 0.1) is 0 Å². The Morgan fingerprint density at radius 3 is 2.70 bits per heavy atom. The number of carbonyl (C=O) groups is 1. The predicted molar refractivity (Wildman–Crippen MR) is 157 cm³/mol. The summed E-state index contributed by atoms with van der Waals surface area (Å²) in [7, 11) is 1.73. The summed E-state index contributed by atoms with van der Waals surface area (Å²) in [6.07, 6.45) is 1.47. The molecule has 1 saturated heterocycles. The first-order valence-corrected chi connectivity index (χ1v) is 14.5. The van der Waals surface area contributed by atoms with E-state index in [1.807, 2.05) is 49.6 Å². The molecule has 0 saturated carbocycles. The van der Waals surface area contributed by atoms with Gasteiger partial charge < -0.3 is 28.6 Å². The molecule has 0 bridgehead atoms. The molecule has 0 aliphatic carbocycles. The Labute approximate surface area is 241 Å². The van der Waals surface area contributed by atoms with Crippen LogP contribution in [0.2, 0.25) is 0 Å². The van der Waals surface area contributed by atoms with Gasteiger partial charge in [0.1, 0.15) is 23.8 Å². The number of amides is 1. The van der Waals surface area contributed by atoms with Gasteiger partial charge in [0, 0.05) is 32.0 Å². The number of anilines is 1. The average Bonchev–Trinajstić information content (AvgIpc) is 3.27. The first kappa shape index (κ1) is 30.0. The Balaban J connectivity index is 1.70. The maximum Gasteiger partial charge on any atom is 0.410 e. The van der Waals surface area contributed by atoms with Gasteiger partial charge in [-0.15, -0.1) is 11.6 Å². The molecule has 4 rings (SSSR count). The zero-order valence-electron chi connectivity index (χ0n) is 24.4. The minimum Gasteiger partial charge on any atom is -0.444 e. The van der Waals surface area contributed by atoms with E-state index in [-0.39, 0.29) is 18.0 Å². The smallest absolute Gasteiger partial charge is 0.410 e. The van der Waals surface area contributed by atoms with Gasteiger partial charge in [-0.3, -0.25) is 0 Å². The summed E-state index contributed by atoms with van der Waals surface area (Å²) >= 11 is 6.25. The third kappa shape index (κ3) is 7.21. The number of alkyl halides is 1. The molecule has 3 aromatic rings. The van der Waals surface area contributed by atoms with Crippen LogP contribution in [-0.2, 0) is 33.4 Å². The highest BCUT2D eigenvalue weighted by Gasteiger charge is 2.25. The normalized spacial score (nSPS) is 16.0. The lowest BCUT2D eigenvalue weighted by molar-refractivity contribution is 0.0273. The van der Waals surface area contributed by atoms with Crippen LogP contribution in [0.1, 0.15) is 58.8 Å². The van der Waals surface area contributed by atoms with Crippen LogP contribution in [0.25, 0.3) is 22.6 Å². The molecule has 0 spiro atoms. The molecule has 0 N–H and O–H groups in total. The molecule has 218 valence electrons. The molecule has 1 aliphatic heterocycles. The molecule has 1 aliphatic rings. The SMILES string of the molecule is CCCOCn1c(CN(C)C(=O)OC(C)(C)C)cc2nc(-c3nc(CCl)cc(N4CCOC[C@H]4CC)n3)ccc21. The number of halogens is 1. The molecule has 0 aromatic carbocycles. The van der Waals surface area contributed by atoms with Crippen LogP contribution in [0.3, 0.4) is 0 Å². The van der Waals surface area contributed by atoms with E-state index in [1.54, 1.807) is 11.9 Å². The summed E-state index contributed by atoms with van der Waals surface area (Å²) in [5.74, 6) is 1.64. The molecule has 1 fully saturated rings. The molecular formula is C29H41ClN6O4. The number of carbonyl (C=O) groups excluding carboxylic acids is 1. The number of hydrogen-bond donors (Lipinski definition) is 0. The molecule has 1 atom stereocenters. The monoisotopic (exact) mass is 572 g/mol. The van der Waals surface area contributed by atoms with Crippen molar-refractivity contribution in [3.8, 4) is 11.5 Å². The zero-order valence-corrected chi connectivity index (χ0v) is 25.2. The summed E-state index contributed by atoms with van der Waals surface area (Å²) in [4.78, 5) is 31.1. The molecule has 40 heavy (non-hydrogen) atoms. The first-order chi connectivity index (χ1) is 19.1. The second-order valence-corrected chi connectivity index (χ2v) is 11.3. The van der Waals surface area contributed by atoms with Crippen molar-refractivity contribution in [3.05, 3.63) is 35.7 Å². The van der Waals surface area contributed by atoms with E-state index in [9.17, 15) is 4.79 Å². The van der Waals surface area contributed by atoms with Gasteiger partial charge in [-0.05, 0) is 51.8 Å². The van der Waals surface area contributed by atoms with Crippen molar-refractivity contribution >= 4 is 34.5 Å². The van der Waals surface area contributed by atoms with E-state index in [2.05, 4.69) is 18.7 Å². The van der Waals surface area contributed by atoms with E-state index < -0.39 is 5.60 Å². The average molecular weight is 573 g/mol. The third-order valence-electron chi connectivity index (χ3n) is 6.64. The van der Waals surface area contributed by atoms with Crippen molar-refractivity contribution in [1.29, 1.82) is 0 Å². The van der Waals surface area contributed by atoms with Crippen molar-refractivity contribution in [3.63, 3.8) is 0 Å². The molecule has 11 heteroatoms. The Morgan fingerprint density at radius 2 is 2.00 bits per heavy atom. The van der Waals surface area contributed by atoms with Gasteiger partial charge in [-0.1, -0.05) is 13.8 Å². The highest BCUT2D eigenvalue weighted by molar-refractivity contribution is 6.16. The maximum absolute atomic E-state index is 12.7. The molecular weight excluding hydrogens is 532 g/mol. The van der Waals surface area contributed by atoms with Crippen molar-refractivity contribution in [2.45, 2.75) is 78.3 Å². The minimum atomic E-state index is -0.576. The second kappa shape index (κ2) is 13.1. The van der Waals surface area contributed by atoms with Gasteiger partial charge >= 0.3 is 6.09 Å². The minimum absolute atomic E-state index is 0.247. The molecule has 3 aromatic heterocycles. The van der Waals surface area contributed by atoms with E-state index in [4.69, 9.17) is 40.8 Å². The van der Waals surface area contributed by atoms with Gasteiger partial charge in [0.15, 0.2) is 5.82 Å². The Kier molecular flexibility index (Phi) is 9.86. The molecule has 0 radical (unpaired) electrons. The summed E-state index contributed by atoms with van der Waals surface area (Å²) < 4.78 is 19.2. The molecule has 1 amide bonds. The highest BCUT2D eigenvalue weighted by atomic mass is 35.5.